The highest BCUT2D eigenvalue weighted by Gasteiger charge is 2.30. The van der Waals surface area contributed by atoms with E-state index in [0.717, 1.165) is 12.1 Å². The fourth-order valence-corrected chi connectivity index (χ4v) is 2.26. The minimum absolute atomic E-state index is 0.181. The van der Waals surface area contributed by atoms with Gasteiger partial charge in [-0.2, -0.15) is 18.3 Å². The number of carbonyl (C=O) groups is 1. The zero-order valence-corrected chi connectivity index (χ0v) is 15.0. The highest BCUT2D eigenvalue weighted by atomic mass is 35.5. The van der Waals surface area contributed by atoms with Crippen LogP contribution in [-0.4, -0.2) is 18.2 Å². The first-order valence-corrected chi connectivity index (χ1v) is 8.12. The molecule has 0 aliphatic heterocycles. The van der Waals surface area contributed by atoms with Crippen LogP contribution in [0.15, 0.2) is 47.6 Å². The minimum atomic E-state index is -4.44. The molecular weight excluding hydrogens is 390 g/mol. The molecule has 9 heteroatoms. The summed E-state index contributed by atoms with van der Waals surface area (Å²) in [5.74, 6) is -0.512. The van der Waals surface area contributed by atoms with Gasteiger partial charge in [0.15, 0.2) is 0 Å². The van der Waals surface area contributed by atoms with Gasteiger partial charge in [-0.3, -0.25) is 4.79 Å². The van der Waals surface area contributed by atoms with Crippen molar-refractivity contribution in [2.24, 2.45) is 5.10 Å². The topological polar surface area (TPSA) is 53.5 Å². The van der Waals surface area contributed by atoms with E-state index in [9.17, 15) is 18.0 Å². The number of anilines is 1. The molecule has 0 atom stereocenters. The number of hydrogen-bond donors (Lipinski definition) is 2. The third kappa shape index (κ3) is 5.64. The third-order valence-corrected chi connectivity index (χ3v) is 4.07. The number of carbonyl (C=O) groups excluding carboxylic acids is 1. The van der Waals surface area contributed by atoms with E-state index < -0.39 is 17.6 Å². The van der Waals surface area contributed by atoms with Crippen LogP contribution in [0.2, 0.25) is 10.0 Å². The van der Waals surface area contributed by atoms with Gasteiger partial charge < -0.3 is 5.32 Å². The molecule has 2 N–H and O–H groups in total. The Bertz CT molecular complexity index is 838. The maximum atomic E-state index is 12.6. The fraction of sp³-hybridized carbons (Fsp3) is 0.176. The predicted molar refractivity (Wildman–Crippen MR) is 96.7 cm³/mol. The first-order chi connectivity index (χ1) is 12.2. The second-order valence-corrected chi connectivity index (χ2v) is 6.11. The summed E-state index contributed by atoms with van der Waals surface area (Å²) in [5.41, 5.74) is 2.87. The molecule has 0 unspecified atom stereocenters. The van der Waals surface area contributed by atoms with Crippen LogP contribution in [0.25, 0.3) is 0 Å². The van der Waals surface area contributed by atoms with Crippen LogP contribution in [0.3, 0.4) is 0 Å². The molecule has 0 radical (unpaired) electrons. The van der Waals surface area contributed by atoms with Gasteiger partial charge in [0.25, 0.3) is 5.91 Å². The Morgan fingerprint density at radius 1 is 1.12 bits per heavy atom. The van der Waals surface area contributed by atoms with E-state index in [0.29, 0.717) is 21.3 Å². The van der Waals surface area contributed by atoms with Crippen molar-refractivity contribution in [2.45, 2.75) is 13.1 Å². The number of halogens is 5. The zero-order chi connectivity index (χ0) is 19.3. The number of alkyl halides is 3. The smallest absolute Gasteiger partial charge is 0.376 e. The minimum Gasteiger partial charge on any atom is -0.376 e. The molecule has 0 saturated heterocycles. The number of rotatable bonds is 5. The zero-order valence-electron chi connectivity index (χ0n) is 13.5. The molecule has 0 aliphatic rings. The quantitative estimate of drug-likeness (QED) is 0.547. The lowest BCUT2D eigenvalue weighted by atomic mass is 10.1. The standard InChI is InChI=1S/C17H14Cl2F3N3O/c1-10(11-5-6-14(18)15(19)7-11)24-25-16(26)9-23-13-4-2-3-12(8-13)17(20,21)22/h2-8,23H,9H2,1H3,(H,25,26). The summed E-state index contributed by atoms with van der Waals surface area (Å²) in [7, 11) is 0. The van der Waals surface area contributed by atoms with Gasteiger partial charge in [0.2, 0.25) is 0 Å². The van der Waals surface area contributed by atoms with Gasteiger partial charge in [0.05, 0.1) is 27.9 Å². The molecule has 0 bridgehead atoms. The van der Waals surface area contributed by atoms with Crippen LogP contribution >= 0.6 is 23.2 Å². The SMILES string of the molecule is CC(=NNC(=O)CNc1cccc(C(F)(F)F)c1)c1ccc(Cl)c(Cl)c1. The summed E-state index contributed by atoms with van der Waals surface area (Å²) in [6.07, 6.45) is -4.44. The van der Waals surface area contributed by atoms with Crippen molar-refractivity contribution in [1.29, 1.82) is 0 Å². The molecule has 2 rings (SSSR count). The van der Waals surface area contributed by atoms with Crippen LogP contribution in [0, 0.1) is 0 Å². The summed E-state index contributed by atoms with van der Waals surface area (Å²) < 4.78 is 37.9. The van der Waals surface area contributed by atoms with Gasteiger partial charge in [0.1, 0.15) is 0 Å². The van der Waals surface area contributed by atoms with E-state index in [4.69, 9.17) is 23.2 Å². The maximum Gasteiger partial charge on any atom is 0.416 e. The number of nitrogens with one attached hydrogen (secondary N) is 2. The van der Waals surface area contributed by atoms with Crippen molar-refractivity contribution < 1.29 is 18.0 Å². The number of nitrogens with zero attached hydrogens (tertiary/aromatic N) is 1. The molecular formula is C17H14Cl2F3N3O. The van der Waals surface area contributed by atoms with Crippen molar-refractivity contribution in [3.63, 3.8) is 0 Å². The van der Waals surface area contributed by atoms with Crippen LogP contribution < -0.4 is 10.7 Å². The highest BCUT2D eigenvalue weighted by molar-refractivity contribution is 6.42. The fourth-order valence-electron chi connectivity index (χ4n) is 1.96. The Kier molecular flexibility index (Phi) is 6.50. The summed E-state index contributed by atoms with van der Waals surface area (Å²) in [6.45, 7) is 1.43. The predicted octanol–water partition coefficient (Wildman–Crippen LogP) is 4.96. The van der Waals surface area contributed by atoms with Crippen molar-refractivity contribution in [3.05, 3.63) is 63.6 Å². The lowest BCUT2D eigenvalue weighted by molar-refractivity contribution is -0.137. The Morgan fingerprint density at radius 2 is 1.85 bits per heavy atom. The van der Waals surface area contributed by atoms with Gasteiger partial charge in [-0.1, -0.05) is 35.3 Å². The molecule has 2 aromatic carbocycles. The van der Waals surface area contributed by atoms with Crippen LogP contribution in [0.4, 0.5) is 18.9 Å². The normalized spacial score (nSPS) is 12.0. The number of hydrazone groups is 1. The van der Waals surface area contributed by atoms with Gasteiger partial charge in [-0.15, -0.1) is 0 Å². The third-order valence-electron chi connectivity index (χ3n) is 3.33. The Hall–Kier alpha value is -2.25. The molecule has 1 amide bonds. The molecule has 0 fully saturated rings. The van der Waals surface area contributed by atoms with E-state index in [2.05, 4.69) is 15.8 Å². The number of amides is 1. The molecule has 138 valence electrons. The van der Waals surface area contributed by atoms with Gasteiger partial charge in [-0.05, 0) is 42.8 Å². The second-order valence-electron chi connectivity index (χ2n) is 5.29. The molecule has 0 aliphatic carbocycles. The van der Waals surface area contributed by atoms with Gasteiger partial charge >= 0.3 is 6.18 Å². The molecule has 0 aromatic heterocycles. The molecule has 0 heterocycles. The summed E-state index contributed by atoms with van der Waals surface area (Å²) in [4.78, 5) is 11.8. The monoisotopic (exact) mass is 403 g/mol. The highest BCUT2D eigenvalue weighted by Crippen LogP contribution is 2.30. The van der Waals surface area contributed by atoms with E-state index >= 15 is 0 Å². The largest absolute Gasteiger partial charge is 0.416 e. The number of hydrogen-bond acceptors (Lipinski definition) is 3. The average Bonchev–Trinajstić information content (AvgIpc) is 2.59. The van der Waals surface area contributed by atoms with Crippen LogP contribution in [-0.2, 0) is 11.0 Å². The molecule has 0 saturated carbocycles. The summed E-state index contributed by atoms with van der Waals surface area (Å²) >= 11 is 11.7. The van der Waals surface area contributed by atoms with Crippen LogP contribution in [0.5, 0.6) is 0 Å². The summed E-state index contributed by atoms with van der Waals surface area (Å²) in [6, 6.07) is 9.49. The second kappa shape index (κ2) is 8.42. The first-order valence-electron chi connectivity index (χ1n) is 7.36. The summed E-state index contributed by atoms with van der Waals surface area (Å²) in [5, 5.41) is 7.30. The Morgan fingerprint density at radius 3 is 2.50 bits per heavy atom. The average molecular weight is 404 g/mol. The molecule has 4 nitrogen and oxygen atoms in total. The van der Waals surface area contributed by atoms with E-state index in [1.165, 1.54) is 12.1 Å². The van der Waals surface area contributed by atoms with E-state index in [1.807, 2.05) is 0 Å². The Labute approximate surface area is 158 Å². The van der Waals surface area contributed by atoms with Crippen molar-refractivity contribution in [1.82, 2.24) is 5.43 Å². The van der Waals surface area contributed by atoms with Crippen LogP contribution in [0.1, 0.15) is 18.1 Å². The van der Waals surface area contributed by atoms with E-state index in [-0.39, 0.29) is 12.2 Å². The van der Waals surface area contributed by atoms with Crippen molar-refractivity contribution >= 4 is 40.5 Å². The maximum absolute atomic E-state index is 12.6. The molecule has 26 heavy (non-hydrogen) atoms. The molecule has 0 spiro atoms. The van der Waals surface area contributed by atoms with Gasteiger partial charge in [0, 0.05) is 5.69 Å². The first kappa shape index (κ1) is 20.1. The molecule has 2 aromatic rings. The van der Waals surface area contributed by atoms with Gasteiger partial charge in [-0.25, -0.2) is 5.43 Å². The van der Waals surface area contributed by atoms with E-state index in [1.54, 1.807) is 25.1 Å². The van der Waals surface area contributed by atoms with Crippen molar-refractivity contribution in [2.75, 3.05) is 11.9 Å². The van der Waals surface area contributed by atoms with Crippen molar-refractivity contribution in [3.8, 4) is 0 Å². The Balaban J connectivity index is 1.93. The lowest BCUT2D eigenvalue weighted by Crippen LogP contribution is -2.26. The lowest BCUT2D eigenvalue weighted by Gasteiger charge is -2.10. The number of benzene rings is 2.